The van der Waals surface area contributed by atoms with Crippen LogP contribution in [0.1, 0.15) is 6.42 Å². The Bertz CT molecular complexity index is 666. The number of nitrogens with one attached hydrogen (secondary N) is 2. The number of carbonyl (C=O) groups excluding carboxylic acids is 2. The number of benzene rings is 1. The molecule has 0 spiro atoms. The second-order valence-corrected chi connectivity index (χ2v) is 6.14. The van der Waals surface area contributed by atoms with Crippen LogP contribution in [0.4, 0.5) is 10.5 Å². The molecule has 23 heavy (non-hydrogen) atoms. The van der Waals surface area contributed by atoms with Gasteiger partial charge in [0.25, 0.3) is 0 Å². The normalized spacial score (nSPS) is 30.9. The van der Waals surface area contributed by atoms with E-state index < -0.39 is 6.04 Å². The van der Waals surface area contributed by atoms with E-state index in [9.17, 15) is 14.7 Å². The molecule has 1 aromatic carbocycles. The Morgan fingerprint density at radius 2 is 2.09 bits per heavy atom. The Balaban J connectivity index is 1.67. The highest BCUT2D eigenvalue weighted by atomic mass is 16.3. The number of phenolic OH excluding ortho intramolecular Hbond substituents is 1. The lowest BCUT2D eigenvalue weighted by Crippen LogP contribution is -2.65. The average molecular weight is 317 g/mol. The third-order valence-corrected chi connectivity index (χ3v) is 4.80. The number of urea groups is 1. The van der Waals surface area contributed by atoms with Gasteiger partial charge >= 0.3 is 6.03 Å². The number of likely N-dealkylation sites (N-methyl/N-ethyl adjacent to an activating group) is 1. The topological polar surface area (TPSA) is 88.2 Å². The number of fused-ring (bicyclic) bond motifs is 3. The molecule has 3 amide bonds. The van der Waals surface area contributed by atoms with Crippen LogP contribution in [0.2, 0.25) is 0 Å². The zero-order valence-electron chi connectivity index (χ0n) is 12.8. The largest absolute Gasteiger partial charge is 0.508 e. The highest BCUT2D eigenvalue weighted by molar-refractivity contribution is 6.00. The molecule has 8 heteroatoms. The third-order valence-electron chi connectivity index (χ3n) is 4.80. The summed E-state index contributed by atoms with van der Waals surface area (Å²) in [6.07, 6.45) is 0.376. The first kappa shape index (κ1) is 14.3. The summed E-state index contributed by atoms with van der Waals surface area (Å²) in [6.45, 7) is 1.60. The number of hydrogen-bond donors (Lipinski definition) is 3. The summed E-state index contributed by atoms with van der Waals surface area (Å²) in [5, 5.41) is 15.5. The molecule has 1 aromatic rings. The fourth-order valence-electron chi connectivity index (χ4n) is 3.70. The molecule has 3 atom stereocenters. The van der Waals surface area contributed by atoms with Crippen molar-refractivity contribution in [3.05, 3.63) is 24.3 Å². The van der Waals surface area contributed by atoms with Crippen LogP contribution in [0.5, 0.6) is 5.75 Å². The number of aromatic hydroxyl groups is 1. The molecule has 3 fully saturated rings. The van der Waals surface area contributed by atoms with Gasteiger partial charge < -0.3 is 14.9 Å². The Morgan fingerprint density at radius 1 is 1.26 bits per heavy atom. The van der Waals surface area contributed by atoms with Gasteiger partial charge in [-0.15, -0.1) is 0 Å². The van der Waals surface area contributed by atoms with Crippen molar-refractivity contribution in [1.29, 1.82) is 0 Å². The van der Waals surface area contributed by atoms with E-state index in [1.807, 2.05) is 6.07 Å². The van der Waals surface area contributed by atoms with Crippen LogP contribution in [-0.4, -0.2) is 65.5 Å². The van der Waals surface area contributed by atoms with Crippen LogP contribution in [0.3, 0.4) is 0 Å². The molecular weight excluding hydrogens is 298 g/mol. The van der Waals surface area contributed by atoms with Crippen LogP contribution in [0, 0.1) is 0 Å². The van der Waals surface area contributed by atoms with Crippen LogP contribution >= 0.6 is 0 Å². The Labute approximate surface area is 133 Å². The zero-order valence-corrected chi connectivity index (χ0v) is 12.8. The summed E-state index contributed by atoms with van der Waals surface area (Å²) < 4.78 is 0. The summed E-state index contributed by atoms with van der Waals surface area (Å²) in [4.78, 5) is 29.9. The van der Waals surface area contributed by atoms with E-state index in [4.69, 9.17) is 0 Å². The van der Waals surface area contributed by atoms with Crippen molar-refractivity contribution in [2.75, 3.05) is 25.0 Å². The number of hydrogen-bond acceptors (Lipinski definition) is 6. The number of imide groups is 1. The number of anilines is 1. The molecule has 3 heterocycles. The fourth-order valence-corrected chi connectivity index (χ4v) is 3.70. The lowest BCUT2D eigenvalue weighted by molar-refractivity contribution is -0.128. The summed E-state index contributed by atoms with van der Waals surface area (Å²) in [7, 11) is 1.68. The van der Waals surface area contributed by atoms with Crippen molar-refractivity contribution in [2.24, 2.45) is 0 Å². The Hall–Kier alpha value is -2.32. The van der Waals surface area contributed by atoms with E-state index in [0.717, 1.165) is 25.2 Å². The van der Waals surface area contributed by atoms with Gasteiger partial charge in [-0.1, -0.05) is 6.07 Å². The van der Waals surface area contributed by atoms with E-state index >= 15 is 0 Å². The quantitative estimate of drug-likeness (QED) is 0.657. The van der Waals surface area contributed by atoms with Crippen LogP contribution in [0.15, 0.2) is 24.3 Å². The summed E-state index contributed by atoms with van der Waals surface area (Å²) >= 11 is 0. The van der Waals surface area contributed by atoms with Crippen LogP contribution in [-0.2, 0) is 4.79 Å². The van der Waals surface area contributed by atoms with Crippen molar-refractivity contribution in [3.63, 3.8) is 0 Å². The maximum Gasteiger partial charge on any atom is 0.325 e. The second kappa shape index (κ2) is 5.10. The average Bonchev–Trinajstić information content (AvgIpc) is 2.92. The summed E-state index contributed by atoms with van der Waals surface area (Å²) in [5.41, 5.74) is 0.889. The summed E-state index contributed by atoms with van der Waals surface area (Å²) in [5.74, 6) is -0.0501. The van der Waals surface area contributed by atoms with Gasteiger partial charge in [0, 0.05) is 31.9 Å². The van der Waals surface area contributed by atoms with Crippen LogP contribution < -0.4 is 15.5 Å². The van der Waals surface area contributed by atoms with Crippen molar-refractivity contribution in [3.8, 4) is 5.75 Å². The van der Waals surface area contributed by atoms with E-state index in [1.54, 1.807) is 25.2 Å². The minimum atomic E-state index is -0.400. The molecule has 0 saturated carbocycles. The van der Waals surface area contributed by atoms with E-state index in [-0.39, 0.29) is 30.1 Å². The number of carbonyl (C=O) groups is 2. The molecule has 3 saturated heterocycles. The van der Waals surface area contributed by atoms with Crippen molar-refractivity contribution in [1.82, 2.24) is 20.4 Å². The van der Waals surface area contributed by atoms with Gasteiger partial charge in [-0.25, -0.2) is 4.79 Å². The number of amides is 3. The molecule has 3 aliphatic heterocycles. The van der Waals surface area contributed by atoms with Crippen molar-refractivity contribution >= 4 is 17.6 Å². The van der Waals surface area contributed by atoms with Crippen molar-refractivity contribution in [2.45, 2.75) is 24.9 Å². The van der Waals surface area contributed by atoms with Crippen molar-refractivity contribution < 1.29 is 14.7 Å². The number of nitrogens with zero attached hydrogens (tertiary/aromatic N) is 3. The fraction of sp³-hybridized carbons (Fsp3) is 0.467. The lowest BCUT2D eigenvalue weighted by Gasteiger charge is -2.42. The van der Waals surface area contributed by atoms with Gasteiger partial charge in [0.2, 0.25) is 5.91 Å². The first-order chi connectivity index (χ1) is 11.1. The third kappa shape index (κ3) is 2.13. The van der Waals surface area contributed by atoms with E-state index in [0.29, 0.717) is 0 Å². The second-order valence-electron chi connectivity index (χ2n) is 6.14. The molecule has 3 N–H and O–H groups in total. The maximum absolute atomic E-state index is 12.3. The van der Waals surface area contributed by atoms with Gasteiger partial charge in [0.15, 0.2) is 0 Å². The molecule has 3 aliphatic rings. The number of phenols is 1. The molecule has 0 radical (unpaired) electrons. The van der Waals surface area contributed by atoms with Gasteiger partial charge in [-0.05, 0) is 18.6 Å². The maximum atomic E-state index is 12.3. The molecule has 122 valence electrons. The smallest absolute Gasteiger partial charge is 0.325 e. The highest BCUT2D eigenvalue weighted by Crippen LogP contribution is 2.32. The van der Waals surface area contributed by atoms with E-state index in [2.05, 4.69) is 20.4 Å². The van der Waals surface area contributed by atoms with Gasteiger partial charge in [-0.3, -0.25) is 20.3 Å². The molecular formula is C15H19N5O3. The first-order valence-corrected chi connectivity index (χ1v) is 7.71. The molecule has 0 bridgehead atoms. The lowest BCUT2D eigenvalue weighted by atomic mass is 10.1. The van der Waals surface area contributed by atoms with Gasteiger partial charge in [-0.2, -0.15) is 0 Å². The summed E-state index contributed by atoms with van der Waals surface area (Å²) in [6, 6.07) is 6.29. The predicted octanol–water partition coefficient (Wildman–Crippen LogP) is -0.333. The highest BCUT2D eigenvalue weighted by Gasteiger charge is 2.53. The van der Waals surface area contributed by atoms with E-state index in [1.165, 1.54) is 4.90 Å². The van der Waals surface area contributed by atoms with Gasteiger partial charge in [0.1, 0.15) is 24.2 Å². The van der Waals surface area contributed by atoms with Crippen LogP contribution in [0.25, 0.3) is 0 Å². The SMILES string of the molecule is CN1C(=O)NC(=O)C2C1NC1N(c3cccc(O)c3)CCCN21. The predicted molar refractivity (Wildman–Crippen MR) is 82.6 cm³/mol. The Kier molecular flexibility index (Phi) is 3.17. The zero-order chi connectivity index (χ0) is 16.1. The standard InChI is InChI=1S/C15H19N5O3/c1-18-12-11(13(22)17-15(18)23)20-7-3-6-19(14(20)16-12)9-4-2-5-10(21)8-9/h2,4-5,8,11-12,14,16,21H,3,6-7H2,1H3,(H,17,22,23). The molecule has 4 rings (SSSR count). The molecule has 0 aromatic heterocycles. The minimum absolute atomic E-state index is 0.181. The first-order valence-electron chi connectivity index (χ1n) is 7.71. The molecule has 0 aliphatic carbocycles. The Morgan fingerprint density at radius 3 is 2.87 bits per heavy atom. The minimum Gasteiger partial charge on any atom is -0.508 e. The number of rotatable bonds is 1. The monoisotopic (exact) mass is 317 g/mol. The molecule has 8 nitrogen and oxygen atoms in total. The van der Waals surface area contributed by atoms with Gasteiger partial charge in [0.05, 0.1) is 0 Å². The molecule has 3 unspecified atom stereocenters.